The number of halogens is 8. The van der Waals surface area contributed by atoms with Crippen molar-refractivity contribution in [3.63, 3.8) is 0 Å². The summed E-state index contributed by atoms with van der Waals surface area (Å²) in [6, 6.07) is 2.06. The number of rotatable bonds is 4. The van der Waals surface area contributed by atoms with E-state index in [9.17, 15) is 43.5 Å². The van der Waals surface area contributed by atoms with Gasteiger partial charge in [0.2, 0.25) is 34.8 Å². The summed E-state index contributed by atoms with van der Waals surface area (Å²) in [5.41, 5.74) is 0. The highest BCUT2D eigenvalue weighted by atomic mass is 32.2. The van der Waals surface area contributed by atoms with Crippen molar-refractivity contribution in [1.29, 1.82) is 0 Å². The maximum absolute atomic E-state index is 13.4. The Hall–Kier alpha value is -2.57. The van der Waals surface area contributed by atoms with Crippen molar-refractivity contribution in [3.8, 4) is 11.5 Å². The van der Waals surface area contributed by atoms with Crippen LogP contribution in [0, 0.1) is 29.1 Å². The van der Waals surface area contributed by atoms with Gasteiger partial charge in [0.15, 0.2) is 0 Å². The number of hydrogen-bond acceptors (Lipinski definition) is 4. The number of alkyl halides is 3. The van der Waals surface area contributed by atoms with Crippen LogP contribution in [-0.4, -0.2) is 14.8 Å². The normalized spacial score (nSPS) is 12.2. The van der Waals surface area contributed by atoms with Crippen molar-refractivity contribution in [3.05, 3.63) is 53.4 Å². The van der Waals surface area contributed by atoms with Crippen molar-refractivity contribution in [2.75, 3.05) is 0 Å². The van der Waals surface area contributed by atoms with E-state index in [0.29, 0.717) is 24.3 Å². The van der Waals surface area contributed by atoms with Gasteiger partial charge in [-0.1, -0.05) is 0 Å². The van der Waals surface area contributed by atoms with Crippen LogP contribution in [0.25, 0.3) is 0 Å². The van der Waals surface area contributed by atoms with E-state index in [-0.39, 0.29) is 0 Å². The van der Waals surface area contributed by atoms with E-state index >= 15 is 0 Å². The van der Waals surface area contributed by atoms with Crippen molar-refractivity contribution in [2.24, 2.45) is 0 Å². The Kier molecular flexibility index (Phi) is 5.03. The molecule has 0 saturated heterocycles. The Morgan fingerprint density at radius 3 is 1.58 bits per heavy atom. The molecular weight excluding hydrogens is 404 g/mol. The third-order valence-corrected chi connectivity index (χ3v) is 3.94. The zero-order valence-electron chi connectivity index (χ0n) is 11.9. The zero-order chi connectivity index (χ0) is 19.9. The lowest BCUT2D eigenvalue weighted by atomic mass is 10.3. The molecule has 0 atom stereocenters. The van der Waals surface area contributed by atoms with E-state index in [1.54, 1.807) is 0 Å². The Morgan fingerprint density at radius 1 is 0.731 bits per heavy atom. The SMILES string of the molecule is O=S(=O)(Oc1c(F)c(F)c(F)c(F)c1F)c1ccc(OC(F)(F)F)cc1. The molecule has 2 aromatic rings. The van der Waals surface area contributed by atoms with E-state index in [0.717, 1.165) is 0 Å². The summed E-state index contributed by atoms with van der Waals surface area (Å²) in [6.07, 6.45) is -5.06. The van der Waals surface area contributed by atoms with E-state index < -0.39 is 62.0 Å². The minimum atomic E-state index is -5.14. The molecule has 0 amide bonds. The molecule has 0 aliphatic carbocycles. The molecule has 2 aromatic carbocycles. The number of hydrogen-bond donors (Lipinski definition) is 0. The van der Waals surface area contributed by atoms with Gasteiger partial charge in [0, 0.05) is 0 Å². The Labute approximate surface area is 139 Å². The molecule has 142 valence electrons. The van der Waals surface area contributed by atoms with Gasteiger partial charge in [-0.05, 0) is 24.3 Å². The van der Waals surface area contributed by atoms with Crippen LogP contribution >= 0.6 is 0 Å². The lowest BCUT2D eigenvalue weighted by Gasteiger charge is -2.11. The fraction of sp³-hybridized carbons (Fsp3) is 0.0769. The van der Waals surface area contributed by atoms with Crippen LogP contribution in [0.15, 0.2) is 29.2 Å². The molecule has 0 aliphatic heterocycles. The van der Waals surface area contributed by atoms with E-state index in [1.165, 1.54) is 0 Å². The molecule has 0 fully saturated rings. The van der Waals surface area contributed by atoms with Crippen molar-refractivity contribution < 1.29 is 52.5 Å². The summed E-state index contributed by atoms with van der Waals surface area (Å²) >= 11 is 0. The fourth-order valence-corrected chi connectivity index (χ4v) is 2.56. The summed E-state index contributed by atoms with van der Waals surface area (Å²) < 4.78 is 133. The van der Waals surface area contributed by atoms with Crippen LogP contribution in [0.5, 0.6) is 11.5 Å². The number of ether oxygens (including phenoxy) is 1. The molecular formula is C13H4F8O4S. The third kappa shape index (κ3) is 3.98. The van der Waals surface area contributed by atoms with E-state index in [1.807, 2.05) is 0 Å². The largest absolute Gasteiger partial charge is 0.573 e. The molecule has 0 bridgehead atoms. The summed E-state index contributed by atoms with van der Waals surface area (Å²) in [7, 11) is -5.14. The van der Waals surface area contributed by atoms with Crippen molar-refractivity contribution in [2.45, 2.75) is 11.3 Å². The molecule has 0 aromatic heterocycles. The average molecular weight is 408 g/mol. The Bertz CT molecular complexity index is 909. The van der Waals surface area contributed by atoms with Gasteiger partial charge >= 0.3 is 16.5 Å². The molecule has 0 radical (unpaired) electrons. The molecule has 13 heteroatoms. The van der Waals surface area contributed by atoms with E-state index in [4.69, 9.17) is 0 Å². The Balaban J connectivity index is 2.39. The second-order valence-electron chi connectivity index (χ2n) is 4.46. The molecule has 0 aliphatic rings. The van der Waals surface area contributed by atoms with Gasteiger partial charge in [-0.2, -0.15) is 17.2 Å². The van der Waals surface area contributed by atoms with Crippen LogP contribution in [0.4, 0.5) is 35.1 Å². The van der Waals surface area contributed by atoms with Crippen LogP contribution in [0.3, 0.4) is 0 Å². The molecule has 26 heavy (non-hydrogen) atoms. The first kappa shape index (κ1) is 19.8. The van der Waals surface area contributed by atoms with E-state index in [2.05, 4.69) is 8.92 Å². The van der Waals surface area contributed by atoms with Crippen LogP contribution < -0.4 is 8.92 Å². The lowest BCUT2D eigenvalue weighted by Crippen LogP contribution is -2.17. The quantitative estimate of drug-likeness (QED) is 0.332. The van der Waals surface area contributed by atoms with Gasteiger partial charge in [-0.25, -0.2) is 13.2 Å². The molecule has 0 spiro atoms. The maximum atomic E-state index is 13.4. The molecule has 0 unspecified atom stereocenters. The highest BCUT2D eigenvalue weighted by Crippen LogP contribution is 2.32. The molecule has 2 rings (SSSR count). The second kappa shape index (κ2) is 6.63. The van der Waals surface area contributed by atoms with Gasteiger partial charge in [0.1, 0.15) is 10.6 Å². The summed E-state index contributed by atoms with van der Waals surface area (Å²) in [6.45, 7) is 0. The summed E-state index contributed by atoms with van der Waals surface area (Å²) in [4.78, 5) is -0.934. The maximum Gasteiger partial charge on any atom is 0.573 e. The topological polar surface area (TPSA) is 52.6 Å². The first-order valence-corrected chi connectivity index (χ1v) is 7.56. The smallest absolute Gasteiger partial charge is 0.406 e. The summed E-state index contributed by atoms with van der Waals surface area (Å²) in [5.74, 6) is -15.4. The predicted molar refractivity (Wildman–Crippen MR) is 67.2 cm³/mol. The number of benzene rings is 2. The zero-order valence-corrected chi connectivity index (χ0v) is 12.7. The first-order chi connectivity index (χ1) is 11.8. The highest BCUT2D eigenvalue weighted by Gasteiger charge is 2.32. The van der Waals surface area contributed by atoms with Crippen LogP contribution in [0.1, 0.15) is 0 Å². The Morgan fingerprint density at radius 2 is 1.15 bits per heavy atom. The van der Waals surface area contributed by atoms with Gasteiger partial charge in [0.05, 0.1) is 0 Å². The van der Waals surface area contributed by atoms with Crippen LogP contribution in [0.2, 0.25) is 0 Å². The highest BCUT2D eigenvalue weighted by molar-refractivity contribution is 7.87. The standard InChI is InChI=1S/C13H4F8O4S/c14-7-8(15)10(17)12(11(18)9(7)16)25-26(22,23)6-3-1-5(2-4-6)24-13(19,20)21/h1-4H. The van der Waals surface area contributed by atoms with Crippen molar-refractivity contribution in [1.82, 2.24) is 0 Å². The molecule has 0 saturated carbocycles. The second-order valence-corrected chi connectivity index (χ2v) is 6.00. The molecule has 0 heterocycles. The first-order valence-electron chi connectivity index (χ1n) is 6.15. The van der Waals surface area contributed by atoms with Crippen LogP contribution in [-0.2, 0) is 10.1 Å². The predicted octanol–water partition coefficient (Wildman–Crippen LogP) is 4.05. The van der Waals surface area contributed by atoms with Gasteiger partial charge in [0.25, 0.3) is 0 Å². The van der Waals surface area contributed by atoms with Gasteiger partial charge < -0.3 is 8.92 Å². The lowest BCUT2D eigenvalue weighted by molar-refractivity contribution is -0.274. The fourth-order valence-electron chi connectivity index (χ4n) is 1.62. The van der Waals surface area contributed by atoms with Crippen molar-refractivity contribution >= 4 is 10.1 Å². The van der Waals surface area contributed by atoms with Gasteiger partial charge in [-0.15, -0.1) is 13.2 Å². The summed E-state index contributed by atoms with van der Waals surface area (Å²) in [5, 5.41) is 0. The minimum absolute atomic E-state index is 0.502. The molecule has 0 N–H and O–H groups in total. The molecule has 4 nitrogen and oxygen atoms in total. The minimum Gasteiger partial charge on any atom is -0.406 e. The monoisotopic (exact) mass is 408 g/mol. The third-order valence-electron chi connectivity index (χ3n) is 2.71. The van der Waals surface area contributed by atoms with Gasteiger partial charge in [-0.3, -0.25) is 0 Å². The average Bonchev–Trinajstić information content (AvgIpc) is 2.54.